The molecule has 0 aliphatic carbocycles. The first-order chi connectivity index (χ1) is 9.08. The number of ketones is 1. The standard InChI is InChI=1S/C15H24N2O2/c1-3-4-12(7-8-18)10-17-13-5-6-14(11(2)19)15(16)9-13/h5-6,9,12,17-18H,3-4,7-8,10,16H2,1-2H3. The number of hydrogen-bond donors (Lipinski definition) is 3. The topological polar surface area (TPSA) is 75.3 Å². The van der Waals surface area contributed by atoms with E-state index in [9.17, 15) is 4.79 Å². The van der Waals surface area contributed by atoms with Crippen LogP contribution in [0.2, 0.25) is 0 Å². The van der Waals surface area contributed by atoms with E-state index in [-0.39, 0.29) is 12.4 Å². The average molecular weight is 264 g/mol. The molecule has 0 saturated carbocycles. The summed E-state index contributed by atoms with van der Waals surface area (Å²) in [6, 6.07) is 5.41. The van der Waals surface area contributed by atoms with Crippen LogP contribution < -0.4 is 11.1 Å². The van der Waals surface area contributed by atoms with Crippen LogP contribution in [0, 0.1) is 5.92 Å². The van der Waals surface area contributed by atoms with Gasteiger partial charge in [0.15, 0.2) is 5.78 Å². The van der Waals surface area contributed by atoms with Crippen molar-refractivity contribution in [2.75, 3.05) is 24.2 Å². The maximum atomic E-state index is 11.3. The SMILES string of the molecule is CCCC(CCO)CNc1ccc(C(C)=O)c(N)c1. The highest BCUT2D eigenvalue weighted by Crippen LogP contribution is 2.20. The summed E-state index contributed by atoms with van der Waals surface area (Å²) in [6.45, 7) is 4.69. The van der Waals surface area contributed by atoms with Gasteiger partial charge in [0.05, 0.1) is 0 Å². The van der Waals surface area contributed by atoms with Gasteiger partial charge >= 0.3 is 0 Å². The third-order valence-corrected chi connectivity index (χ3v) is 3.26. The fourth-order valence-corrected chi connectivity index (χ4v) is 2.19. The third kappa shape index (κ3) is 4.91. The minimum atomic E-state index is -0.0202. The van der Waals surface area contributed by atoms with Crippen molar-refractivity contribution in [1.82, 2.24) is 0 Å². The molecule has 0 aliphatic rings. The maximum Gasteiger partial charge on any atom is 0.161 e. The molecule has 1 unspecified atom stereocenters. The number of Topliss-reactive ketones (excluding diaryl/α,β-unsaturated/α-hetero) is 1. The number of nitrogens with two attached hydrogens (primary N) is 1. The molecule has 0 radical (unpaired) electrons. The van der Waals surface area contributed by atoms with Crippen molar-refractivity contribution in [3.05, 3.63) is 23.8 Å². The Labute approximate surface area is 115 Å². The lowest BCUT2D eigenvalue weighted by Crippen LogP contribution is -2.16. The molecule has 0 spiro atoms. The molecule has 4 heteroatoms. The van der Waals surface area contributed by atoms with Gasteiger partial charge in [0, 0.05) is 30.1 Å². The molecule has 1 aromatic carbocycles. The number of rotatable bonds is 8. The van der Waals surface area contributed by atoms with E-state index >= 15 is 0 Å². The van der Waals surface area contributed by atoms with Crippen LogP contribution >= 0.6 is 0 Å². The van der Waals surface area contributed by atoms with Gasteiger partial charge in [-0.25, -0.2) is 0 Å². The summed E-state index contributed by atoms with van der Waals surface area (Å²) < 4.78 is 0. The molecule has 1 aromatic rings. The predicted molar refractivity (Wildman–Crippen MR) is 79.4 cm³/mol. The minimum Gasteiger partial charge on any atom is -0.398 e. The monoisotopic (exact) mass is 264 g/mol. The van der Waals surface area contributed by atoms with Gasteiger partial charge in [0.1, 0.15) is 0 Å². The Hall–Kier alpha value is -1.55. The Morgan fingerprint density at radius 2 is 2.16 bits per heavy atom. The van der Waals surface area contributed by atoms with Crippen LogP contribution in [-0.4, -0.2) is 24.0 Å². The van der Waals surface area contributed by atoms with Crippen molar-refractivity contribution in [2.45, 2.75) is 33.1 Å². The molecule has 1 rings (SSSR count). The Morgan fingerprint density at radius 3 is 2.68 bits per heavy atom. The molecular weight excluding hydrogens is 240 g/mol. The first kappa shape index (κ1) is 15.5. The van der Waals surface area contributed by atoms with Crippen molar-refractivity contribution in [1.29, 1.82) is 0 Å². The van der Waals surface area contributed by atoms with E-state index in [2.05, 4.69) is 12.2 Å². The minimum absolute atomic E-state index is 0.0202. The van der Waals surface area contributed by atoms with E-state index in [0.717, 1.165) is 31.5 Å². The summed E-state index contributed by atoms with van der Waals surface area (Å²) >= 11 is 0. The zero-order valence-corrected chi connectivity index (χ0v) is 11.8. The molecule has 0 saturated heterocycles. The van der Waals surface area contributed by atoms with Gasteiger partial charge in [-0.15, -0.1) is 0 Å². The first-order valence-electron chi connectivity index (χ1n) is 6.83. The molecule has 106 valence electrons. The van der Waals surface area contributed by atoms with Crippen LogP contribution in [0.4, 0.5) is 11.4 Å². The quantitative estimate of drug-likeness (QED) is 0.498. The van der Waals surface area contributed by atoms with Gasteiger partial charge in [-0.1, -0.05) is 13.3 Å². The zero-order valence-electron chi connectivity index (χ0n) is 11.8. The lowest BCUT2D eigenvalue weighted by Gasteiger charge is -2.17. The summed E-state index contributed by atoms with van der Waals surface area (Å²) in [5.41, 5.74) is 7.83. The normalized spacial score (nSPS) is 12.2. The number of anilines is 2. The lowest BCUT2D eigenvalue weighted by molar-refractivity contribution is 0.101. The van der Waals surface area contributed by atoms with Crippen LogP contribution in [0.3, 0.4) is 0 Å². The number of carbonyl (C=O) groups is 1. The van der Waals surface area contributed by atoms with Gasteiger partial charge in [0.25, 0.3) is 0 Å². The molecule has 4 N–H and O–H groups in total. The Bertz CT molecular complexity index is 413. The van der Waals surface area contributed by atoms with E-state index in [0.29, 0.717) is 17.2 Å². The highest BCUT2D eigenvalue weighted by molar-refractivity contribution is 5.99. The Morgan fingerprint density at radius 1 is 1.42 bits per heavy atom. The highest BCUT2D eigenvalue weighted by Gasteiger charge is 2.08. The molecule has 0 fully saturated rings. The van der Waals surface area contributed by atoms with Crippen LogP contribution in [0.15, 0.2) is 18.2 Å². The first-order valence-corrected chi connectivity index (χ1v) is 6.83. The predicted octanol–water partition coefficient (Wildman–Crippen LogP) is 2.68. The molecule has 0 bridgehead atoms. The second-order valence-corrected chi connectivity index (χ2v) is 4.91. The third-order valence-electron chi connectivity index (χ3n) is 3.26. The van der Waals surface area contributed by atoms with Crippen molar-refractivity contribution < 1.29 is 9.90 Å². The van der Waals surface area contributed by atoms with Crippen molar-refractivity contribution in [3.8, 4) is 0 Å². The van der Waals surface area contributed by atoms with E-state index in [1.54, 1.807) is 12.1 Å². The number of nitrogen functional groups attached to an aromatic ring is 1. The number of benzene rings is 1. The largest absolute Gasteiger partial charge is 0.398 e. The fraction of sp³-hybridized carbons (Fsp3) is 0.533. The summed E-state index contributed by atoms with van der Waals surface area (Å²) in [4.78, 5) is 11.3. The van der Waals surface area contributed by atoms with Gasteiger partial charge in [-0.05, 0) is 43.9 Å². The van der Waals surface area contributed by atoms with Crippen molar-refractivity contribution in [2.24, 2.45) is 5.92 Å². The van der Waals surface area contributed by atoms with Crippen molar-refractivity contribution >= 4 is 17.2 Å². The van der Waals surface area contributed by atoms with Gasteiger partial charge in [-0.2, -0.15) is 0 Å². The molecule has 19 heavy (non-hydrogen) atoms. The van der Waals surface area contributed by atoms with E-state index in [4.69, 9.17) is 10.8 Å². The number of hydrogen-bond acceptors (Lipinski definition) is 4. The number of carbonyl (C=O) groups excluding carboxylic acids is 1. The summed E-state index contributed by atoms with van der Waals surface area (Å²) in [7, 11) is 0. The lowest BCUT2D eigenvalue weighted by atomic mass is 10.00. The Kier molecular flexibility index (Phi) is 6.36. The molecule has 0 aliphatic heterocycles. The smallest absolute Gasteiger partial charge is 0.161 e. The maximum absolute atomic E-state index is 11.3. The Balaban J connectivity index is 2.62. The van der Waals surface area contributed by atoms with E-state index < -0.39 is 0 Å². The van der Waals surface area contributed by atoms with Gasteiger partial charge in [0.2, 0.25) is 0 Å². The molecule has 4 nitrogen and oxygen atoms in total. The molecule has 1 atom stereocenters. The summed E-state index contributed by atoms with van der Waals surface area (Å²) in [5.74, 6) is 0.442. The summed E-state index contributed by atoms with van der Waals surface area (Å²) in [6.07, 6.45) is 3.01. The second-order valence-electron chi connectivity index (χ2n) is 4.91. The van der Waals surface area contributed by atoms with E-state index in [1.807, 2.05) is 6.07 Å². The molecule has 0 amide bonds. The molecular formula is C15H24N2O2. The number of nitrogens with one attached hydrogen (secondary N) is 1. The summed E-state index contributed by atoms with van der Waals surface area (Å²) in [5, 5.41) is 12.3. The number of aliphatic hydroxyl groups is 1. The van der Waals surface area contributed by atoms with Crippen LogP contribution in [0.1, 0.15) is 43.5 Å². The fourth-order valence-electron chi connectivity index (χ4n) is 2.19. The van der Waals surface area contributed by atoms with Gasteiger partial charge < -0.3 is 16.2 Å². The van der Waals surface area contributed by atoms with Crippen LogP contribution in [0.25, 0.3) is 0 Å². The van der Waals surface area contributed by atoms with Crippen LogP contribution in [-0.2, 0) is 0 Å². The average Bonchev–Trinajstić information content (AvgIpc) is 2.36. The number of aliphatic hydroxyl groups excluding tert-OH is 1. The second kappa shape index (κ2) is 7.79. The molecule has 0 heterocycles. The van der Waals surface area contributed by atoms with Crippen molar-refractivity contribution in [3.63, 3.8) is 0 Å². The highest BCUT2D eigenvalue weighted by atomic mass is 16.3. The zero-order chi connectivity index (χ0) is 14.3. The van der Waals surface area contributed by atoms with Crippen LogP contribution in [0.5, 0.6) is 0 Å². The van der Waals surface area contributed by atoms with Gasteiger partial charge in [-0.3, -0.25) is 4.79 Å². The van der Waals surface area contributed by atoms with E-state index in [1.165, 1.54) is 6.92 Å². The molecule has 0 aromatic heterocycles.